The molecule has 3 saturated heterocycles. The van der Waals surface area contributed by atoms with Crippen molar-refractivity contribution in [1.82, 2.24) is 20.9 Å². The van der Waals surface area contributed by atoms with Crippen molar-refractivity contribution >= 4 is 83.3 Å². The van der Waals surface area contributed by atoms with Crippen LogP contribution in [0.1, 0.15) is 94.6 Å². The van der Waals surface area contributed by atoms with Gasteiger partial charge < -0.3 is 82.8 Å². The largest absolute Gasteiger partial charge is 0.463 e. The molecule has 0 unspecified atom stereocenters. The summed E-state index contributed by atoms with van der Waals surface area (Å²) in [5.74, 6) is -10.8. The van der Waals surface area contributed by atoms with E-state index in [1.807, 2.05) is 0 Å². The zero-order valence-electron chi connectivity index (χ0n) is 47.2. The van der Waals surface area contributed by atoms with Crippen LogP contribution in [0.5, 0.6) is 0 Å². The van der Waals surface area contributed by atoms with Crippen LogP contribution in [0.25, 0.3) is 0 Å². The van der Waals surface area contributed by atoms with Crippen molar-refractivity contribution in [2.24, 2.45) is 0 Å². The summed E-state index contributed by atoms with van der Waals surface area (Å²) in [6.45, 7) is 10.6. The molecule has 456 valence electrons. The predicted molar refractivity (Wildman–Crippen MR) is 276 cm³/mol. The molecule has 14 atom stereocenters. The zero-order chi connectivity index (χ0) is 61.2. The van der Waals surface area contributed by atoms with Gasteiger partial charge in [0.05, 0.1) is 6.61 Å². The highest BCUT2D eigenvalue weighted by Gasteiger charge is 2.58. The fourth-order valence-electron chi connectivity index (χ4n) is 8.60. The smallest absolute Gasteiger partial charge is 0.408 e. The molecule has 1 aromatic carbocycles. The Labute approximate surface area is 476 Å². The molecule has 0 bridgehead atoms. The van der Waals surface area contributed by atoms with Crippen LogP contribution in [0.3, 0.4) is 0 Å². The van der Waals surface area contributed by atoms with Gasteiger partial charge in [-0.25, -0.2) is 9.59 Å². The molecular weight excluding hydrogens is 1110 g/mol. The Morgan fingerprint density at radius 2 is 1.17 bits per heavy atom. The van der Waals surface area contributed by atoms with Crippen molar-refractivity contribution < 1.29 is 119 Å². The van der Waals surface area contributed by atoms with Crippen molar-refractivity contribution in [2.75, 3.05) is 32.1 Å². The number of nitrogens with zero attached hydrogens (tertiary/aromatic N) is 1. The highest BCUT2D eigenvalue weighted by Crippen LogP contribution is 2.38. The van der Waals surface area contributed by atoms with E-state index in [9.17, 15) is 62.6 Å². The summed E-state index contributed by atoms with van der Waals surface area (Å²) >= 11 is 0.687. The molecule has 4 rings (SSSR count). The van der Waals surface area contributed by atoms with Crippen molar-refractivity contribution in [3.63, 3.8) is 0 Å². The number of aliphatic hydroxyl groups is 1. The third-order valence-corrected chi connectivity index (χ3v) is 13.1. The van der Waals surface area contributed by atoms with Gasteiger partial charge in [0, 0.05) is 60.8 Å². The van der Waals surface area contributed by atoms with E-state index in [1.54, 1.807) is 51.1 Å². The van der Waals surface area contributed by atoms with Gasteiger partial charge in [-0.2, -0.15) is 0 Å². The van der Waals surface area contributed by atoms with E-state index in [-0.39, 0.29) is 26.0 Å². The number of nitrogens with one attached hydrogen (secondary N) is 3. The third kappa shape index (κ3) is 21.0. The highest BCUT2D eigenvalue weighted by molar-refractivity contribution is 7.99. The molecule has 3 aliphatic rings. The fourth-order valence-corrected chi connectivity index (χ4v) is 9.83. The Hall–Kier alpha value is -7.15. The molecule has 0 spiro atoms. The van der Waals surface area contributed by atoms with Gasteiger partial charge in [0.2, 0.25) is 17.7 Å². The molecule has 0 aromatic heterocycles. The number of esters is 8. The van der Waals surface area contributed by atoms with Crippen LogP contribution in [0.2, 0.25) is 0 Å². The van der Waals surface area contributed by atoms with Crippen molar-refractivity contribution in [3.8, 4) is 0 Å². The van der Waals surface area contributed by atoms with E-state index < -0.39 is 187 Å². The first-order valence-electron chi connectivity index (χ1n) is 25.9. The number of carbonyl (C=O) groups excluding carboxylic acids is 12. The molecule has 82 heavy (non-hydrogen) atoms. The third-order valence-electron chi connectivity index (χ3n) is 11.9. The van der Waals surface area contributed by atoms with Crippen molar-refractivity contribution in [2.45, 2.75) is 186 Å². The number of amides is 4. The summed E-state index contributed by atoms with van der Waals surface area (Å²) in [5, 5.41) is 17.5. The summed E-state index contributed by atoms with van der Waals surface area (Å²) in [7, 11) is 0. The average molecular weight is 1190 g/mol. The number of alkyl carbamates (subject to hydrolysis) is 1. The minimum absolute atomic E-state index is 0.0578. The SMILES string of the molecule is CC(=O)OC[C@H]1O[C@@H](O[C@H]2[C@H](OC(C)=O)[C@@H](OC(C)=O)[C@H](SC[C@H](NC(=O)[C@H](C)NC(=O)OC(C)(C)C)C(=O)N3CCC[C@H]3C(=O)N[C@@H](CO)C(=O)OCc3ccccc3)O[C@@H]2COC(C)=O)[C@H](OC(C)=O)[C@@H](OC(C)=O)[C@H]1OC(C)=O. The van der Waals surface area contributed by atoms with Gasteiger partial charge in [0.25, 0.3) is 0 Å². The topological polar surface area (TPSA) is 375 Å². The number of hydrogen-bond donors (Lipinski definition) is 4. The summed E-state index contributed by atoms with van der Waals surface area (Å²) in [6.07, 6.45) is -16.4. The van der Waals surface area contributed by atoms with E-state index in [0.717, 1.165) is 53.4 Å². The predicted octanol–water partition coefficient (Wildman–Crippen LogP) is -0.0512. The van der Waals surface area contributed by atoms with E-state index >= 15 is 0 Å². The number of aliphatic hydroxyl groups excluding tert-OH is 1. The number of likely N-dealkylation sites (tertiary alicyclic amines) is 1. The molecule has 0 aliphatic carbocycles. The van der Waals surface area contributed by atoms with Gasteiger partial charge >= 0.3 is 53.8 Å². The molecule has 0 radical (unpaired) electrons. The number of rotatable bonds is 24. The first-order chi connectivity index (χ1) is 38.5. The van der Waals surface area contributed by atoms with Crippen LogP contribution in [0.15, 0.2) is 30.3 Å². The average Bonchev–Trinajstić information content (AvgIpc) is 3.95. The van der Waals surface area contributed by atoms with Gasteiger partial charge in [-0.1, -0.05) is 30.3 Å². The Kier molecular flexibility index (Phi) is 25.7. The van der Waals surface area contributed by atoms with E-state index in [2.05, 4.69) is 16.0 Å². The maximum atomic E-state index is 14.9. The monoisotopic (exact) mass is 1180 g/mol. The number of thioether (sulfide) groups is 1. The Morgan fingerprint density at radius 1 is 0.646 bits per heavy atom. The van der Waals surface area contributed by atoms with E-state index in [0.29, 0.717) is 17.3 Å². The van der Waals surface area contributed by atoms with Crippen LogP contribution < -0.4 is 16.0 Å². The van der Waals surface area contributed by atoms with Crippen molar-refractivity contribution in [3.05, 3.63) is 35.9 Å². The van der Waals surface area contributed by atoms with Crippen LogP contribution in [0.4, 0.5) is 4.79 Å². The summed E-state index contributed by atoms with van der Waals surface area (Å²) in [6, 6.07) is 2.76. The normalized spacial score (nSPS) is 25.2. The number of ether oxygens (including phenoxy) is 12. The lowest BCUT2D eigenvalue weighted by Crippen LogP contribution is -2.67. The molecule has 3 heterocycles. The second-order valence-electron chi connectivity index (χ2n) is 20.0. The first kappa shape index (κ1) is 67.4. The van der Waals surface area contributed by atoms with Gasteiger partial charge in [-0.15, -0.1) is 11.8 Å². The molecule has 0 saturated carbocycles. The molecule has 29 nitrogen and oxygen atoms in total. The molecule has 4 N–H and O–H groups in total. The molecule has 30 heteroatoms. The minimum Gasteiger partial charge on any atom is -0.463 e. The minimum atomic E-state index is -1.97. The molecular formula is C52H72N4O25S. The first-order valence-corrected chi connectivity index (χ1v) is 27.0. The summed E-state index contributed by atoms with van der Waals surface area (Å²) in [4.78, 5) is 158. The standard InChI is InChI=1S/C52H72N4O25S/c1-25(53-51(69)81-52(9,10)11)45(65)55-35(47(67)56-19-15-18-36(56)46(66)54-34(20-57)48(68)72-21-33-16-13-12-14-17-33)24-82-50-44(77-32(8)64)42(75-30(6)62)40(38(79-50)23-71-27(3)59)80-49-43(76-31(7)63)41(74-29(5)61)39(73-28(4)60)37(78-49)22-70-26(2)58/h12-14,16-17,25,34-44,49-50,57H,15,18-24H2,1-11H3,(H,53,69)(H,54,66)(H,55,65)/t25-,34-,35-,36-,37+,38+,39-,40+,41-,42-,43+,44+,49-,50-/m0/s1. The maximum Gasteiger partial charge on any atom is 0.408 e. The quantitative estimate of drug-likeness (QED) is 0.0778. The molecule has 1 aromatic rings. The van der Waals surface area contributed by atoms with E-state index in [4.69, 9.17) is 56.8 Å². The van der Waals surface area contributed by atoms with Crippen LogP contribution in [0, 0.1) is 0 Å². The van der Waals surface area contributed by atoms with Crippen LogP contribution in [-0.4, -0.2) is 204 Å². The zero-order valence-corrected chi connectivity index (χ0v) is 48.0. The molecule has 4 amide bonds. The molecule has 3 fully saturated rings. The lowest BCUT2D eigenvalue weighted by molar-refractivity contribution is -0.341. The Balaban J connectivity index is 1.77. The Morgan fingerprint density at radius 3 is 1.71 bits per heavy atom. The summed E-state index contributed by atoms with van der Waals surface area (Å²) < 4.78 is 68.3. The lowest BCUT2D eigenvalue weighted by atomic mass is 9.96. The van der Waals surface area contributed by atoms with E-state index in [1.165, 1.54) is 6.92 Å². The number of carbonyl (C=O) groups is 12. The molecule has 3 aliphatic heterocycles. The lowest BCUT2D eigenvalue weighted by Gasteiger charge is -2.48. The van der Waals surface area contributed by atoms with Crippen LogP contribution >= 0.6 is 11.8 Å². The highest BCUT2D eigenvalue weighted by atomic mass is 32.2. The van der Waals surface area contributed by atoms with Gasteiger partial charge in [0.1, 0.15) is 67.3 Å². The number of benzene rings is 1. The summed E-state index contributed by atoms with van der Waals surface area (Å²) in [5.41, 5.74) is -1.92. The van der Waals surface area contributed by atoms with Crippen LogP contribution in [-0.2, 0) is 116 Å². The van der Waals surface area contributed by atoms with Gasteiger partial charge in [-0.3, -0.25) is 47.9 Å². The van der Waals surface area contributed by atoms with Gasteiger partial charge in [-0.05, 0) is 46.1 Å². The van der Waals surface area contributed by atoms with Gasteiger partial charge in [0.15, 0.2) is 42.9 Å². The van der Waals surface area contributed by atoms with Crippen molar-refractivity contribution in [1.29, 1.82) is 0 Å². The fraction of sp³-hybridized carbons (Fsp3) is 0.654. The maximum absolute atomic E-state index is 14.9. The number of hydrogen-bond acceptors (Lipinski definition) is 26. The second kappa shape index (κ2) is 31.3. The second-order valence-corrected chi connectivity index (χ2v) is 21.1. The Bertz CT molecular complexity index is 2460.